The summed E-state index contributed by atoms with van der Waals surface area (Å²) < 4.78 is 81.0. The molecule has 0 saturated carbocycles. The van der Waals surface area contributed by atoms with Crippen molar-refractivity contribution in [1.82, 2.24) is 50.1 Å². The number of hydrogen-bond acceptors (Lipinski definition) is 16. The predicted molar refractivity (Wildman–Crippen MR) is 241 cm³/mol. The number of aryl methyl sites for hydroxylation is 2. The molecule has 2 aliphatic heterocycles. The van der Waals surface area contributed by atoms with Crippen LogP contribution in [-0.4, -0.2) is 129 Å². The highest BCUT2D eigenvalue weighted by molar-refractivity contribution is 6.02. The fraction of sp³-hybridized carbons (Fsp3) is 0.318. The number of nitrogens with one attached hydrogen (secondary N) is 3. The van der Waals surface area contributed by atoms with Gasteiger partial charge in [-0.05, 0) is 81.4 Å². The van der Waals surface area contributed by atoms with Crippen molar-refractivity contribution in [2.45, 2.75) is 33.0 Å². The molecule has 0 atom stereocenters. The average Bonchev–Trinajstić information content (AvgIpc) is 3.52. The lowest BCUT2D eigenvalue weighted by Gasteiger charge is -2.27. The Morgan fingerprint density at radius 3 is 1.49 bits per heavy atom. The lowest BCUT2D eigenvalue weighted by molar-refractivity contribution is -0.275. The van der Waals surface area contributed by atoms with Crippen LogP contribution >= 0.6 is 0 Å². The molecule has 4 aromatic heterocycles. The molecule has 24 heteroatoms. The molecular formula is C44H44F6N14O4. The number of amides is 2. The topological polar surface area (TPSA) is 202 Å². The smallest absolute Gasteiger partial charge is 0.406 e. The second-order valence-electron chi connectivity index (χ2n) is 15.3. The van der Waals surface area contributed by atoms with Crippen LogP contribution in [0, 0.1) is 13.8 Å². The first-order valence-electron chi connectivity index (χ1n) is 21.0. The van der Waals surface area contributed by atoms with Crippen molar-refractivity contribution in [2.75, 3.05) is 79.8 Å². The summed E-state index contributed by atoms with van der Waals surface area (Å²) in [5, 5.41) is 8.50. The van der Waals surface area contributed by atoms with Crippen LogP contribution in [0.4, 0.5) is 49.9 Å². The Hall–Kier alpha value is -7.60. The van der Waals surface area contributed by atoms with E-state index >= 15 is 0 Å². The average molecular weight is 947 g/mol. The molecule has 0 aliphatic carbocycles. The molecule has 2 amide bonds. The summed E-state index contributed by atoms with van der Waals surface area (Å²) >= 11 is 0. The van der Waals surface area contributed by atoms with Crippen molar-refractivity contribution in [3.8, 4) is 11.5 Å². The standard InChI is InChI=1S/C23H24F3N7O2.C21H20F3N7O2/c1-15-20-21(31-22(28-15)33-11-3-10-32(2)12-13-33)27-14-18(30-20)29-19(34)9-6-16-4-7-17(8-5-16)35-23(24,25)26;1-13-18-19(30-20(27-13)31-10-8-25-9-11-31)26-12-16(29-18)28-17(32)7-4-14-2-5-15(6-3-14)33-21(22,23)24/h4-9,14H,3,10-13H2,1-2H3,(H,29,30,34);2-7,12,25H,8-11H2,1H3,(H,28,29,32)/b9-6+;7-4+. The molecule has 6 heterocycles. The fourth-order valence-corrected chi connectivity index (χ4v) is 6.82. The van der Waals surface area contributed by atoms with Gasteiger partial charge in [0, 0.05) is 58.0 Å². The third-order valence-corrected chi connectivity index (χ3v) is 10.1. The van der Waals surface area contributed by atoms with Gasteiger partial charge in [0.25, 0.3) is 0 Å². The molecule has 0 radical (unpaired) electrons. The van der Waals surface area contributed by atoms with Crippen molar-refractivity contribution in [2.24, 2.45) is 0 Å². The Morgan fingerprint density at radius 1 is 0.603 bits per heavy atom. The summed E-state index contributed by atoms with van der Waals surface area (Å²) in [6, 6.07) is 10.3. The summed E-state index contributed by atoms with van der Waals surface area (Å²) in [5.74, 6) is 0.0499. The lowest BCUT2D eigenvalue weighted by Crippen LogP contribution is -2.44. The first kappa shape index (κ1) is 48.3. The number of piperazine rings is 1. The van der Waals surface area contributed by atoms with E-state index in [0.717, 1.165) is 70.9 Å². The number of benzene rings is 2. The minimum atomic E-state index is -4.76. The number of anilines is 4. The van der Waals surface area contributed by atoms with Crippen LogP contribution in [0.1, 0.15) is 28.9 Å². The number of carbonyl (C=O) groups excluding carboxylic acids is 2. The van der Waals surface area contributed by atoms with E-state index in [9.17, 15) is 35.9 Å². The largest absolute Gasteiger partial charge is 0.573 e. The summed E-state index contributed by atoms with van der Waals surface area (Å²) in [6.07, 6.45) is -0.269. The van der Waals surface area contributed by atoms with Crippen LogP contribution in [0.5, 0.6) is 11.5 Å². The van der Waals surface area contributed by atoms with Crippen molar-refractivity contribution in [1.29, 1.82) is 0 Å². The molecule has 2 aromatic carbocycles. The number of ether oxygens (including phenoxy) is 2. The van der Waals surface area contributed by atoms with Crippen LogP contribution in [0.15, 0.2) is 73.1 Å². The summed E-state index contributed by atoms with van der Waals surface area (Å²) in [5.41, 5.74) is 4.20. The fourth-order valence-electron chi connectivity index (χ4n) is 6.82. The quantitative estimate of drug-likeness (QED) is 0.105. The maximum atomic E-state index is 12.3. The van der Waals surface area contributed by atoms with Crippen molar-refractivity contribution in [3.05, 3.63) is 95.6 Å². The number of alkyl halides is 6. The Morgan fingerprint density at radius 2 is 1.04 bits per heavy atom. The van der Waals surface area contributed by atoms with E-state index in [2.05, 4.69) is 87.0 Å². The van der Waals surface area contributed by atoms with E-state index < -0.39 is 24.5 Å². The molecule has 0 unspecified atom stereocenters. The van der Waals surface area contributed by atoms with Gasteiger partial charge in [0.2, 0.25) is 23.7 Å². The minimum Gasteiger partial charge on any atom is -0.406 e. The predicted octanol–water partition coefficient (Wildman–Crippen LogP) is 6.11. The Kier molecular flexibility index (Phi) is 15.2. The van der Waals surface area contributed by atoms with Gasteiger partial charge in [0.15, 0.2) is 22.9 Å². The number of fused-ring (bicyclic) bond motifs is 2. The number of carbonyl (C=O) groups is 2. The normalized spacial score (nSPS) is 15.0. The van der Waals surface area contributed by atoms with Crippen LogP contribution in [0.3, 0.4) is 0 Å². The molecule has 0 bridgehead atoms. The maximum Gasteiger partial charge on any atom is 0.573 e. The second kappa shape index (κ2) is 21.4. The van der Waals surface area contributed by atoms with Gasteiger partial charge in [-0.1, -0.05) is 24.3 Å². The highest BCUT2D eigenvalue weighted by Crippen LogP contribution is 2.25. The van der Waals surface area contributed by atoms with Gasteiger partial charge < -0.3 is 40.1 Å². The second-order valence-corrected chi connectivity index (χ2v) is 15.3. The van der Waals surface area contributed by atoms with E-state index in [1.807, 2.05) is 13.8 Å². The third kappa shape index (κ3) is 14.0. The Balaban J connectivity index is 0.000000202. The van der Waals surface area contributed by atoms with Crippen LogP contribution in [-0.2, 0) is 9.59 Å². The van der Waals surface area contributed by atoms with Gasteiger partial charge in [0.05, 0.1) is 23.8 Å². The monoisotopic (exact) mass is 946 g/mol. The molecule has 2 aliphatic rings. The van der Waals surface area contributed by atoms with Crippen LogP contribution in [0.2, 0.25) is 0 Å². The Labute approximate surface area is 384 Å². The number of rotatable bonds is 10. The molecule has 18 nitrogen and oxygen atoms in total. The molecule has 2 saturated heterocycles. The highest BCUT2D eigenvalue weighted by Gasteiger charge is 2.31. The number of aromatic nitrogens is 8. The molecular weight excluding hydrogens is 903 g/mol. The van der Waals surface area contributed by atoms with Gasteiger partial charge in [-0.3, -0.25) is 9.59 Å². The van der Waals surface area contributed by atoms with Crippen molar-refractivity contribution >= 4 is 69.8 Å². The number of likely N-dealkylation sites (N-methyl/N-ethyl adjacent to an activating group) is 1. The third-order valence-electron chi connectivity index (χ3n) is 10.1. The van der Waals surface area contributed by atoms with Crippen LogP contribution in [0.25, 0.3) is 34.5 Å². The van der Waals surface area contributed by atoms with E-state index in [1.54, 1.807) is 0 Å². The van der Waals surface area contributed by atoms with E-state index in [4.69, 9.17) is 0 Å². The van der Waals surface area contributed by atoms with E-state index in [1.165, 1.54) is 73.1 Å². The first-order chi connectivity index (χ1) is 32.4. The zero-order chi connectivity index (χ0) is 48.4. The van der Waals surface area contributed by atoms with E-state index in [0.29, 0.717) is 56.7 Å². The van der Waals surface area contributed by atoms with Gasteiger partial charge in [-0.15, -0.1) is 26.3 Å². The first-order valence-corrected chi connectivity index (χ1v) is 21.0. The summed E-state index contributed by atoms with van der Waals surface area (Å²) in [4.78, 5) is 66.7. The number of hydrogen-bond donors (Lipinski definition) is 3. The zero-order valence-corrected chi connectivity index (χ0v) is 36.8. The van der Waals surface area contributed by atoms with Gasteiger partial charge in [-0.25, -0.2) is 29.9 Å². The summed E-state index contributed by atoms with van der Waals surface area (Å²) in [6.45, 7) is 10.6. The SMILES string of the molecule is Cc1nc(N2CCCN(C)CC2)nc2ncc(NC(=O)/C=C/c3ccc(OC(F)(F)F)cc3)nc12.Cc1nc(N2CCNCC2)nc2ncc(NC(=O)/C=C/c3ccc(OC(F)(F)F)cc3)nc12. The van der Waals surface area contributed by atoms with Gasteiger partial charge in [-0.2, -0.15) is 9.97 Å². The molecule has 0 spiro atoms. The minimum absolute atomic E-state index is 0.229. The summed E-state index contributed by atoms with van der Waals surface area (Å²) in [7, 11) is 2.09. The number of halogens is 6. The van der Waals surface area contributed by atoms with Gasteiger partial charge in [0.1, 0.15) is 22.5 Å². The van der Waals surface area contributed by atoms with Crippen LogP contribution < -0.4 is 35.2 Å². The Bertz CT molecular complexity index is 2790. The lowest BCUT2D eigenvalue weighted by atomic mass is 10.2. The number of nitrogens with zero attached hydrogens (tertiary/aromatic N) is 11. The zero-order valence-electron chi connectivity index (χ0n) is 36.8. The van der Waals surface area contributed by atoms with E-state index in [-0.39, 0.29) is 23.1 Å². The molecule has 356 valence electrons. The highest BCUT2D eigenvalue weighted by atomic mass is 19.4. The maximum absolute atomic E-state index is 12.3. The molecule has 3 N–H and O–H groups in total. The van der Waals surface area contributed by atoms with Crippen molar-refractivity contribution in [3.63, 3.8) is 0 Å². The molecule has 2 fully saturated rings. The molecule has 6 aromatic rings. The molecule has 8 rings (SSSR count). The molecule has 68 heavy (non-hydrogen) atoms. The van der Waals surface area contributed by atoms with Crippen molar-refractivity contribution < 1.29 is 45.4 Å². The van der Waals surface area contributed by atoms with Gasteiger partial charge >= 0.3 is 12.7 Å².